The zero-order valence-corrected chi connectivity index (χ0v) is 16.0. The van der Waals surface area contributed by atoms with Crippen LogP contribution in [0.5, 0.6) is 5.75 Å². The van der Waals surface area contributed by atoms with E-state index in [4.69, 9.17) is 4.74 Å². The van der Waals surface area contributed by atoms with E-state index in [-0.39, 0.29) is 26.4 Å². The molecule has 0 atom stereocenters. The van der Waals surface area contributed by atoms with E-state index in [0.717, 1.165) is 18.2 Å². The number of amides is 2. The zero-order valence-electron chi connectivity index (χ0n) is 13.6. The van der Waals surface area contributed by atoms with Gasteiger partial charge in [0.1, 0.15) is 12.3 Å². The maximum Gasteiger partial charge on any atom is 0.326 e. The van der Waals surface area contributed by atoms with Gasteiger partial charge in [0.05, 0.1) is 20.4 Å². The molecule has 0 radical (unpaired) electrons. The van der Waals surface area contributed by atoms with Gasteiger partial charge >= 0.3 is 5.97 Å². The van der Waals surface area contributed by atoms with Gasteiger partial charge in [-0.1, -0.05) is 0 Å². The number of hydrogen-bond acceptors (Lipinski definition) is 8. The van der Waals surface area contributed by atoms with E-state index in [0.29, 0.717) is 16.7 Å². The van der Waals surface area contributed by atoms with Crippen molar-refractivity contribution in [1.29, 1.82) is 0 Å². The average molecular weight is 445 g/mol. The molecule has 11 heteroatoms. The van der Waals surface area contributed by atoms with Crippen molar-refractivity contribution in [1.82, 2.24) is 4.90 Å². The molecule has 0 saturated carbocycles. The second-order valence-corrected chi connectivity index (χ2v) is 7.28. The largest absolute Gasteiger partial charge is 0.506 e. The van der Waals surface area contributed by atoms with Crippen LogP contribution in [0.4, 0.5) is 10.5 Å². The third-order valence-electron chi connectivity index (χ3n) is 3.10. The Labute approximate surface area is 160 Å². The lowest BCUT2D eigenvalue weighted by atomic mass is 10.1. The van der Waals surface area contributed by atoms with Crippen LogP contribution in [0.3, 0.4) is 0 Å². The first-order valence-corrected chi connectivity index (χ1v) is 8.83. The molecule has 0 unspecified atom stereocenters. The lowest BCUT2D eigenvalue weighted by Crippen LogP contribution is -2.35. The summed E-state index contributed by atoms with van der Waals surface area (Å²) in [6.45, 7) is 2.73. The number of imide groups is 1. The first-order chi connectivity index (χ1) is 12.1. The van der Waals surface area contributed by atoms with E-state index in [2.05, 4.69) is 15.9 Å². The van der Waals surface area contributed by atoms with E-state index in [9.17, 15) is 29.6 Å². The smallest absolute Gasteiger partial charge is 0.326 e. The van der Waals surface area contributed by atoms with Gasteiger partial charge in [-0.15, -0.1) is 0 Å². The molecular formula is C15H13BrN2O7S. The van der Waals surface area contributed by atoms with E-state index in [1.165, 1.54) is 0 Å². The fraction of sp³-hybridized carbons (Fsp3) is 0.267. The van der Waals surface area contributed by atoms with Gasteiger partial charge in [-0.3, -0.25) is 29.4 Å². The van der Waals surface area contributed by atoms with Gasteiger partial charge in [0.25, 0.3) is 16.8 Å². The van der Waals surface area contributed by atoms with Crippen molar-refractivity contribution in [2.75, 3.05) is 6.54 Å². The minimum absolute atomic E-state index is 0.0127. The number of non-ortho nitro benzene ring substituents is 1. The monoisotopic (exact) mass is 444 g/mol. The molecule has 1 aromatic rings. The molecule has 26 heavy (non-hydrogen) atoms. The summed E-state index contributed by atoms with van der Waals surface area (Å²) in [5.74, 6) is -1.80. The number of phenolic OH excluding ortho intramolecular Hbond substituents is 1. The first-order valence-electron chi connectivity index (χ1n) is 7.22. The van der Waals surface area contributed by atoms with Gasteiger partial charge < -0.3 is 9.84 Å². The fourth-order valence-corrected chi connectivity index (χ4v) is 3.32. The van der Waals surface area contributed by atoms with Gasteiger partial charge in [0.2, 0.25) is 0 Å². The highest BCUT2D eigenvalue weighted by Crippen LogP contribution is 2.37. The molecule has 1 aromatic carbocycles. The Balaban J connectivity index is 2.30. The summed E-state index contributed by atoms with van der Waals surface area (Å²) in [4.78, 5) is 46.9. The van der Waals surface area contributed by atoms with Crippen molar-refractivity contribution < 1.29 is 29.2 Å². The minimum Gasteiger partial charge on any atom is -0.506 e. The molecule has 2 amide bonds. The summed E-state index contributed by atoms with van der Waals surface area (Å²) in [5.41, 5.74) is -0.318. The molecule has 1 heterocycles. The molecule has 138 valence electrons. The predicted molar refractivity (Wildman–Crippen MR) is 96.4 cm³/mol. The van der Waals surface area contributed by atoms with Crippen LogP contribution in [0, 0.1) is 10.1 Å². The van der Waals surface area contributed by atoms with Crippen LogP contribution in [0.25, 0.3) is 6.08 Å². The van der Waals surface area contributed by atoms with E-state index in [1.54, 1.807) is 13.8 Å². The average Bonchev–Trinajstić information content (AvgIpc) is 2.78. The van der Waals surface area contributed by atoms with Crippen LogP contribution < -0.4 is 0 Å². The summed E-state index contributed by atoms with van der Waals surface area (Å²) in [6, 6.07) is 2.18. The minimum atomic E-state index is -0.747. The number of carbonyl (C=O) groups is 3. The number of ether oxygens (including phenoxy) is 1. The number of nitrogens with zero attached hydrogens (tertiary/aromatic N) is 2. The first kappa shape index (κ1) is 19.9. The number of hydrogen-bond donors (Lipinski definition) is 1. The lowest BCUT2D eigenvalue weighted by Gasteiger charge is -2.13. The standard InChI is InChI=1S/C15H13BrN2O7S/c1-7(2)25-12(19)6-17-14(21)11(26-15(17)22)4-8-3-9(18(23)24)5-10(16)13(8)20/h3-5,7,20H,6H2,1-2H3/b11-4+. The van der Waals surface area contributed by atoms with Crippen molar-refractivity contribution in [3.8, 4) is 5.75 Å². The second-order valence-electron chi connectivity index (χ2n) is 5.43. The number of benzene rings is 1. The van der Waals surface area contributed by atoms with Crippen molar-refractivity contribution in [3.05, 3.63) is 37.2 Å². The van der Waals surface area contributed by atoms with Gasteiger partial charge in [-0.2, -0.15) is 0 Å². The zero-order chi connectivity index (χ0) is 19.6. The molecular weight excluding hydrogens is 432 g/mol. The fourth-order valence-electron chi connectivity index (χ4n) is 2.03. The molecule has 0 aliphatic carbocycles. The Morgan fingerprint density at radius 2 is 2.12 bits per heavy atom. The molecule has 2 rings (SSSR count). The highest BCUT2D eigenvalue weighted by molar-refractivity contribution is 9.10. The van der Waals surface area contributed by atoms with Crippen molar-refractivity contribution in [2.45, 2.75) is 20.0 Å². The van der Waals surface area contributed by atoms with E-state index < -0.39 is 34.7 Å². The Hall–Kier alpha value is -2.40. The summed E-state index contributed by atoms with van der Waals surface area (Å²) >= 11 is 3.56. The molecule has 0 bridgehead atoms. The lowest BCUT2D eigenvalue weighted by molar-refractivity contribution is -0.385. The van der Waals surface area contributed by atoms with Crippen LogP contribution in [0.2, 0.25) is 0 Å². The van der Waals surface area contributed by atoms with Crippen LogP contribution in [-0.4, -0.2) is 44.7 Å². The maximum absolute atomic E-state index is 12.3. The summed E-state index contributed by atoms with van der Waals surface area (Å²) < 4.78 is 4.97. The van der Waals surface area contributed by atoms with Gasteiger partial charge in [0, 0.05) is 17.7 Å². The second kappa shape index (κ2) is 7.87. The molecule has 1 N–H and O–H groups in total. The number of rotatable bonds is 5. The maximum atomic E-state index is 12.3. The van der Waals surface area contributed by atoms with Gasteiger partial charge in [-0.05, 0) is 47.6 Å². The Morgan fingerprint density at radius 3 is 2.69 bits per heavy atom. The van der Waals surface area contributed by atoms with Crippen molar-refractivity contribution >= 4 is 56.6 Å². The number of phenols is 1. The molecule has 1 fully saturated rings. The SMILES string of the molecule is CC(C)OC(=O)CN1C(=O)S/C(=C/c2cc([N+](=O)[O-])cc(Br)c2O)C1=O. The number of nitro benzene ring substituents is 1. The Morgan fingerprint density at radius 1 is 1.46 bits per heavy atom. The third kappa shape index (κ3) is 4.41. The molecule has 1 aliphatic heterocycles. The Kier molecular flexibility index (Phi) is 6.03. The quantitative estimate of drug-likeness (QED) is 0.317. The number of carbonyl (C=O) groups excluding carboxylic acids is 3. The third-order valence-corrected chi connectivity index (χ3v) is 4.61. The van der Waals surface area contributed by atoms with Crippen LogP contribution in [0.15, 0.2) is 21.5 Å². The van der Waals surface area contributed by atoms with Crippen molar-refractivity contribution in [2.24, 2.45) is 0 Å². The van der Waals surface area contributed by atoms with Crippen LogP contribution >= 0.6 is 27.7 Å². The number of thioether (sulfide) groups is 1. The summed E-state index contributed by atoms with van der Waals surface area (Å²) in [5, 5.41) is 20.3. The number of aromatic hydroxyl groups is 1. The van der Waals surface area contributed by atoms with E-state index in [1.807, 2.05) is 0 Å². The van der Waals surface area contributed by atoms with Gasteiger partial charge in [0.15, 0.2) is 0 Å². The Bertz CT molecular complexity index is 838. The van der Waals surface area contributed by atoms with Crippen molar-refractivity contribution in [3.63, 3.8) is 0 Å². The number of halogens is 1. The van der Waals surface area contributed by atoms with Crippen LogP contribution in [-0.2, 0) is 14.3 Å². The molecule has 0 aromatic heterocycles. The van der Waals surface area contributed by atoms with E-state index >= 15 is 0 Å². The normalized spacial score (nSPS) is 15.8. The van der Waals surface area contributed by atoms with Crippen LogP contribution in [0.1, 0.15) is 19.4 Å². The number of nitro groups is 1. The topological polar surface area (TPSA) is 127 Å². The predicted octanol–water partition coefficient (Wildman–Crippen LogP) is 3.05. The summed E-state index contributed by atoms with van der Waals surface area (Å²) in [6.07, 6.45) is 0.767. The highest BCUT2D eigenvalue weighted by Gasteiger charge is 2.37. The molecule has 9 nitrogen and oxygen atoms in total. The summed E-state index contributed by atoms with van der Waals surface area (Å²) in [7, 11) is 0. The molecule has 0 spiro atoms. The highest BCUT2D eigenvalue weighted by atomic mass is 79.9. The molecule has 1 aliphatic rings. The van der Waals surface area contributed by atoms with Gasteiger partial charge in [-0.25, -0.2) is 0 Å². The molecule has 1 saturated heterocycles. The number of esters is 1.